The molecule has 6 nitrogen and oxygen atoms in total. The molecule has 0 saturated heterocycles. The van der Waals surface area contributed by atoms with E-state index < -0.39 is 0 Å². The van der Waals surface area contributed by atoms with E-state index >= 15 is 0 Å². The van der Waals surface area contributed by atoms with Gasteiger partial charge in [-0.2, -0.15) is 0 Å². The van der Waals surface area contributed by atoms with Crippen molar-refractivity contribution in [2.45, 2.75) is 26.8 Å². The zero-order chi connectivity index (χ0) is 14.5. The number of aryl methyl sites for hydroxylation is 1. The van der Waals surface area contributed by atoms with E-state index in [9.17, 15) is 9.59 Å². The van der Waals surface area contributed by atoms with E-state index in [2.05, 4.69) is 10.5 Å². The first-order chi connectivity index (χ1) is 9.63. The number of aromatic nitrogens is 2. The first-order valence-electron chi connectivity index (χ1n) is 6.50. The van der Waals surface area contributed by atoms with Crippen LogP contribution in [0.15, 0.2) is 29.1 Å². The topological polar surface area (TPSA) is 73.2 Å². The normalized spacial score (nSPS) is 10.7. The van der Waals surface area contributed by atoms with Crippen molar-refractivity contribution in [2.75, 3.05) is 6.61 Å². The smallest absolute Gasteiger partial charge is 0.261 e. The minimum absolute atomic E-state index is 0.127. The number of nitrogens with zero attached hydrogens (tertiary/aromatic N) is 2. The van der Waals surface area contributed by atoms with Gasteiger partial charge in [-0.05, 0) is 26.0 Å². The molecular formula is C14H17N3O3. The predicted molar refractivity (Wildman–Crippen MR) is 75.1 cm³/mol. The second kappa shape index (κ2) is 6.29. The zero-order valence-electron chi connectivity index (χ0n) is 11.5. The Labute approximate surface area is 116 Å². The molecule has 1 aromatic heterocycles. The van der Waals surface area contributed by atoms with Gasteiger partial charge in [0.2, 0.25) is 5.91 Å². The highest BCUT2D eigenvalue weighted by Crippen LogP contribution is 2.07. The Morgan fingerprint density at radius 1 is 1.40 bits per heavy atom. The summed E-state index contributed by atoms with van der Waals surface area (Å²) in [5.74, 6) is 0.337. The van der Waals surface area contributed by atoms with Crippen LogP contribution in [0.1, 0.15) is 19.2 Å². The van der Waals surface area contributed by atoms with Gasteiger partial charge in [-0.1, -0.05) is 12.1 Å². The minimum atomic E-state index is -0.258. The van der Waals surface area contributed by atoms with Crippen LogP contribution in [0, 0.1) is 6.92 Å². The van der Waals surface area contributed by atoms with Crippen LogP contribution in [0.5, 0.6) is 0 Å². The molecule has 2 aromatic rings. The maximum absolute atomic E-state index is 12.3. The van der Waals surface area contributed by atoms with Gasteiger partial charge in [0.1, 0.15) is 5.82 Å². The molecule has 0 spiro atoms. The molecule has 106 valence electrons. The van der Waals surface area contributed by atoms with Crippen LogP contribution in [-0.2, 0) is 16.2 Å². The number of amides is 1. The summed E-state index contributed by atoms with van der Waals surface area (Å²) >= 11 is 0. The molecule has 1 N–H and O–H groups in total. The monoisotopic (exact) mass is 275 g/mol. The maximum Gasteiger partial charge on any atom is 0.261 e. The van der Waals surface area contributed by atoms with Gasteiger partial charge in [-0.15, -0.1) is 0 Å². The molecule has 1 heterocycles. The van der Waals surface area contributed by atoms with Crippen molar-refractivity contribution in [2.24, 2.45) is 0 Å². The third-order valence-corrected chi connectivity index (χ3v) is 2.95. The van der Waals surface area contributed by atoms with Crippen LogP contribution in [-0.4, -0.2) is 22.1 Å². The van der Waals surface area contributed by atoms with Crippen molar-refractivity contribution in [1.82, 2.24) is 15.0 Å². The van der Waals surface area contributed by atoms with Crippen molar-refractivity contribution in [3.05, 3.63) is 40.4 Å². The number of hydrogen-bond donors (Lipinski definition) is 1. The lowest BCUT2D eigenvalue weighted by molar-refractivity contribution is -0.133. The fourth-order valence-electron chi connectivity index (χ4n) is 1.96. The van der Waals surface area contributed by atoms with Crippen LogP contribution < -0.4 is 11.0 Å². The Morgan fingerprint density at radius 2 is 2.15 bits per heavy atom. The summed E-state index contributed by atoms with van der Waals surface area (Å²) in [4.78, 5) is 33.0. The Kier molecular flexibility index (Phi) is 4.47. The number of fused-ring (bicyclic) bond motifs is 1. The highest BCUT2D eigenvalue weighted by atomic mass is 16.6. The lowest BCUT2D eigenvalue weighted by Gasteiger charge is -2.10. The molecule has 0 radical (unpaired) electrons. The number of benzene rings is 1. The molecule has 0 aliphatic carbocycles. The van der Waals surface area contributed by atoms with Gasteiger partial charge in [-0.3, -0.25) is 19.0 Å². The second-order valence-corrected chi connectivity index (χ2v) is 4.34. The van der Waals surface area contributed by atoms with Crippen molar-refractivity contribution in [3.8, 4) is 0 Å². The van der Waals surface area contributed by atoms with E-state index in [1.165, 1.54) is 4.57 Å². The second-order valence-electron chi connectivity index (χ2n) is 4.34. The van der Waals surface area contributed by atoms with Crippen LogP contribution in [0.4, 0.5) is 0 Å². The molecule has 6 heteroatoms. The largest absolute Gasteiger partial charge is 0.296 e. The summed E-state index contributed by atoms with van der Waals surface area (Å²) in [6.45, 7) is 4.22. The Balaban J connectivity index is 2.22. The van der Waals surface area contributed by atoms with E-state index in [-0.39, 0.29) is 24.4 Å². The molecule has 0 aliphatic rings. The molecule has 1 aromatic carbocycles. The predicted octanol–water partition coefficient (Wildman–Crippen LogP) is 1.16. The average molecular weight is 275 g/mol. The third-order valence-electron chi connectivity index (χ3n) is 2.95. The van der Waals surface area contributed by atoms with Gasteiger partial charge in [0, 0.05) is 13.0 Å². The van der Waals surface area contributed by atoms with Crippen LogP contribution >= 0.6 is 0 Å². The quantitative estimate of drug-likeness (QED) is 0.831. The molecule has 0 fully saturated rings. The van der Waals surface area contributed by atoms with Gasteiger partial charge < -0.3 is 0 Å². The van der Waals surface area contributed by atoms with Crippen LogP contribution in [0.3, 0.4) is 0 Å². The Morgan fingerprint density at radius 3 is 2.90 bits per heavy atom. The fraction of sp³-hybridized carbons (Fsp3) is 0.357. The van der Waals surface area contributed by atoms with Gasteiger partial charge in [0.15, 0.2) is 0 Å². The molecule has 0 aliphatic heterocycles. The number of carbonyl (C=O) groups excluding carboxylic acids is 1. The first kappa shape index (κ1) is 14.2. The maximum atomic E-state index is 12.3. The molecule has 2 rings (SSSR count). The molecule has 0 bridgehead atoms. The summed E-state index contributed by atoms with van der Waals surface area (Å²) in [5, 5.41) is 0.559. The van der Waals surface area contributed by atoms with Crippen LogP contribution in [0.2, 0.25) is 0 Å². The van der Waals surface area contributed by atoms with Gasteiger partial charge in [0.05, 0.1) is 17.5 Å². The lowest BCUT2D eigenvalue weighted by atomic mass is 10.2. The van der Waals surface area contributed by atoms with Crippen molar-refractivity contribution in [1.29, 1.82) is 0 Å². The number of para-hydroxylation sites is 1. The summed E-state index contributed by atoms with van der Waals surface area (Å²) < 4.78 is 1.51. The van der Waals surface area contributed by atoms with Gasteiger partial charge in [0.25, 0.3) is 5.56 Å². The van der Waals surface area contributed by atoms with Crippen molar-refractivity contribution >= 4 is 16.8 Å². The highest BCUT2D eigenvalue weighted by Gasteiger charge is 2.09. The number of carbonyl (C=O) groups is 1. The molecule has 0 atom stereocenters. The molecular weight excluding hydrogens is 258 g/mol. The lowest BCUT2D eigenvalue weighted by Crippen LogP contribution is -2.29. The average Bonchev–Trinajstić information content (AvgIpc) is 2.45. The van der Waals surface area contributed by atoms with Gasteiger partial charge >= 0.3 is 0 Å². The summed E-state index contributed by atoms with van der Waals surface area (Å²) in [7, 11) is 0. The SMILES string of the molecule is CCONC(=O)CCn1c(C)nc2ccccc2c1=O. The number of hydrogen-bond acceptors (Lipinski definition) is 4. The number of nitrogens with one attached hydrogen (secondary N) is 1. The van der Waals surface area contributed by atoms with Crippen molar-refractivity contribution < 1.29 is 9.63 Å². The van der Waals surface area contributed by atoms with E-state index in [1.54, 1.807) is 32.0 Å². The number of hydroxylamine groups is 1. The highest BCUT2D eigenvalue weighted by molar-refractivity contribution is 5.77. The third kappa shape index (κ3) is 3.03. The summed E-state index contributed by atoms with van der Waals surface area (Å²) in [5.41, 5.74) is 2.85. The van der Waals surface area contributed by atoms with E-state index in [0.29, 0.717) is 23.3 Å². The Hall–Kier alpha value is -2.21. The Bertz CT molecular complexity index is 679. The van der Waals surface area contributed by atoms with E-state index in [4.69, 9.17) is 4.84 Å². The fourth-order valence-corrected chi connectivity index (χ4v) is 1.96. The minimum Gasteiger partial charge on any atom is -0.296 e. The van der Waals surface area contributed by atoms with E-state index in [1.807, 2.05) is 6.07 Å². The zero-order valence-corrected chi connectivity index (χ0v) is 11.5. The number of rotatable bonds is 5. The summed E-state index contributed by atoms with van der Waals surface area (Å²) in [6.07, 6.45) is 0.167. The first-order valence-corrected chi connectivity index (χ1v) is 6.50. The molecule has 1 amide bonds. The van der Waals surface area contributed by atoms with Crippen LogP contribution in [0.25, 0.3) is 10.9 Å². The van der Waals surface area contributed by atoms with Gasteiger partial charge in [-0.25, -0.2) is 10.5 Å². The molecule has 0 unspecified atom stereocenters. The van der Waals surface area contributed by atoms with E-state index in [0.717, 1.165) is 0 Å². The van der Waals surface area contributed by atoms with Crippen molar-refractivity contribution in [3.63, 3.8) is 0 Å². The molecule has 0 saturated carbocycles. The standard InChI is InChI=1S/C14H17N3O3/c1-3-20-16-13(18)8-9-17-10(2)15-12-7-5-4-6-11(12)14(17)19/h4-7H,3,8-9H2,1-2H3,(H,16,18). The molecule has 20 heavy (non-hydrogen) atoms. The summed E-state index contributed by atoms with van der Waals surface area (Å²) in [6, 6.07) is 7.18.